The number of carbonyl (C=O) groups excluding carboxylic acids is 4. The van der Waals surface area contributed by atoms with Gasteiger partial charge in [0, 0.05) is 19.0 Å². The predicted octanol–water partition coefficient (Wildman–Crippen LogP) is 3.54. The van der Waals surface area contributed by atoms with Crippen molar-refractivity contribution in [2.24, 2.45) is 0 Å². The van der Waals surface area contributed by atoms with Gasteiger partial charge in [-0.15, -0.1) is 0 Å². The normalized spacial score (nSPS) is 12.9. The number of aryl methyl sites for hydroxylation is 1. The molecular formula is C21H18Cl2N2O4. The molecular weight excluding hydrogens is 415 g/mol. The molecule has 6 nitrogen and oxygen atoms in total. The second kappa shape index (κ2) is 8.76. The molecule has 0 radical (unpaired) electrons. The van der Waals surface area contributed by atoms with Crippen molar-refractivity contribution in [2.45, 2.75) is 19.8 Å². The van der Waals surface area contributed by atoms with Crippen LogP contribution < -0.4 is 5.32 Å². The Kier molecular flexibility index (Phi) is 6.35. The van der Waals surface area contributed by atoms with Gasteiger partial charge < -0.3 is 5.32 Å². The van der Waals surface area contributed by atoms with Gasteiger partial charge in [-0.1, -0.05) is 47.5 Å². The van der Waals surface area contributed by atoms with Crippen molar-refractivity contribution in [3.8, 4) is 0 Å². The van der Waals surface area contributed by atoms with Gasteiger partial charge >= 0.3 is 0 Å². The number of ketones is 1. The van der Waals surface area contributed by atoms with E-state index in [2.05, 4.69) is 5.32 Å². The van der Waals surface area contributed by atoms with Crippen molar-refractivity contribution in [1.29, 1.82) is 0 Å². The van der Waals surface area contributed by atoms with E-state index < -0.39 is 11.8 Å². The van der Waals surface area contributed by atoms with Crippen LogP contribution in [0.25, 0.3) is 0 Å². The Morgan fingerprint density at radius 2 is 1.52 bits per heavy atom. The fourth-order valence-corrected chi connectivity index (χ4v) is 3.40. The number of benzene rings is 2. The van der Waals surface area contributed by atoms with Crippen LogP contribution in [-0.4, -0.2) is 41.5 Å². The molecule has 3 amide bonds. The van der Waals surface area contributed by atoms with Crippen LogP contribution in [0.5, 0.6) is 0 Å². The second-order valence-electron chi connectivity index (χ2n) is 6.71. The molecule has 0 saturated carbocycles. The zero-order valence-corrected chi connectivity index (χ0v) is 17.1. The van der Waals surface area contributed by atoms with Crippen LogP contribution in [0.1, 0.15) is 50.0 Å². The number of nitrogens with one attached hydrogen (secondary N) is 1. The Balaban J connectivity index is 1.64. The predicted molar refractivity (Wildman–Crippen MR) is 110 cm³/mol. The fraction of sp³-hybridized carbons (Fsp3) is 0.238. The minimum atomic E-state index is -0.563. The molecule has 0 spiro atoms. The van der Waals surface area contributed by atoms with Gasteiger partial charge in [0.05, 0.1) is 27.7 Å². The molecule has 1 aliphatic heterocycles. The molecule has 0 atom stereocenters. The number of nitrogens with zero attached hydrogens (tertiary/aromatic N) is 1. The summed E-state index contributed by atoms with van der Waals surface area (Å²) in [4.78, 5) is 49.4. The number of Topliss-reactive ketones (excluding diaryl/α,β-unsaturated/α-hetero) is 1. The highest BCUT2D eigenvalue weighted by molar-refractivity contribution is 6.43. The van der Waals surface area contributed by atoms with Crippen LogP contribution in [-0.2, 0) is 11.2 Å². The van der Waals surface area contributed by atoms with E-state index in [4.69, 9.17) is 23.2 Å². The van der Waals surface area contributed by atoms with E-state index >= 15 is 0 Å². The summed E-state index contributed by atoms with van der Waals surface area (Å²) in [6, 6.07) is 9.68. The van der Waals surface area contributed by atoms with Gasteiger partial charge in [0.1, 0.15) is 0 Å². The standard InChI is InChI=1S/C21H18Cl2N2O4/c1-12(26)24-8-2-3-13-4-6-14(7-5-13)19(27)11-25-20(28)15-9-17(22)18(23)10-16(15)21(25)29/h4-7,9-10H,2-3,8,11H2,1H3,(H,24,26). The van der Waals surface area contributed by atoms with Crippen molar-refractivity contribution in [3.05, 3.63) is 68.7 Å². The summed E-state index contributed by atoms with van der Waals surface area (Å²) in [5, 5.41) is 3.08. The Morgan fingerprint density at radius 1 is 0.966 bits per heavy atom. The lowest BCUT2D eigenvalue weighted by Gasteiger charge is -2.13. The molecule has 2 aromatic rings. The lowest BCUT2D eigenvalue weighted by Crippen LogP contribution is -2.34. The summed E-state index contributed by atoms with van der Waals surface area (Å²) in [6.07, 6.45) is 1.54. The third kappa shape index (κ3) is 4.66. The lowest BCUT2D eigenvalue weighted by atomic mass is 10.0. The first-order valence-corrected chi connectivity index (χ1v) is 9.75. The Hall–Kier alpha value is -2.70. The summed E-state index contributed by atoms with van der Waals surface area (Å²) < 4.78 is 0. The Labute approximate surface area is 177 Å². The molecule has 8 heteroatoms. The number of rotatable bonds is 7. The molecule has 0 saturated heterocycles. The van der Waals surface area contributed by atoms with Crippen LogP contribution in [0.4, 0.5) is 0 Å². The smallest absolute Gasteiger partial charge is 0.262 e. The van der Waals surface area contributed by atoms with Crippen LogP contribution in [0.3, 0.4) is 0 Å². The number of hydrogen-bond acceptors (Lipinski definition) is 4. The molecule has 0 aromatic heterocycles. The Bertz CT molecular complexity index is 961. The first-order valence-electron chi connectivity index (χ1n) is 8.99. The summed E-state index contributed by atoms with van der Waals surface area (Å²) in [7, 11) is 0. The number of carbonyl (C=O) groups is 4. The van der Waals surface area contributed by atoms with Crippen LogP contribution in [0, 0.1) is 0 Å². The highest BCUT2D eigenvalue weighted by Gasteiger charge is 2.37. The lowest BCUT2D eigenvalue weighted by molar-refractivity contribution is -0.118. The van der Waals surface area contributed by atoms with Crippen molar-refractivity contribution in [2.75, 3.05) is 13.1 Å². The number of halogens is 2. The van der Waals surface area contributed by atoms with E-state index in [1.54, 1.807) is 12.1 Å². The minimum Gasteiger partial charge on any atom is -0.356 e. The van der Waals surface area contributed by atoms with Gasteiger partial charge in [0.15, 0.2) is 5.78 Å². The van der Waals surface area contributed by atoms with Gasteiger partial charge in [0.2, 0.25) is 5.91 Å². The fourth-order valence-electron chi connectivity index (χ4n) is 3.08. The second-order valence-corrected chi connectivity index (χ2v) is 7.53. The average Bonchev–Trinajstić information content (AvgIpc) is 2.90. The van der Waals surface area contributed by atoms with E-state index in [1.807, 2.05) is 12.1 Å². The molecule has 1 N–H and O–H groups in total. The molecule has 3 rings (SSSR count). The SMILES string of the molecule is CC(=O)NCCCc1ccc(C(=O)CN2C(=O)c3cc(Cl)c(Cl)cc3C2=O)cc1. The number of fused-ring (bicyclic) bond motifs is 1. The molecule has 2 aromatic carbocycles. The molecule has 150 valence electrons. The number of imide groups is 1. The van der Waals surface area contributed by atoms with E-state index in [1.165, 1.54) is 19.1 Å². The zero-order chi connectivity index (χ0) is 21.1. The number of amides is 3. The summed E-state index contributed by atoms with van der Waals surface area (Å²) >= 11 is 11.9. The molecule has 0 unspecified atom stereocenters. The Morgan fingerprint density at radius 3 is 2.03 bits per heavy atom. The van der Waals surface area contributed by atoms with E-state index in [0.717, 1.165) is 23.3 Å². The quantitative estimate of drug-likeness (QED) is 0.411. The molecule has 1 heterocycles. The highest BCUT2D eigenvalue weighted by atomic mass is 35.5. The number of hydrogen-bond donors (Lipinski definition) is 1. The highest BCUT2D eigenvalue weighted by Crippen LogP contribution is 2.31. The first kappa shape index (κ1) is 21.0. The minimum absolute atomic E-state index is 0.0661. The summed E-state index contributed by atoms with van der Waals surface area (Å²) in [5.41, 5.74) is 1.72. The van der Waals surface area contributed by atoms with Crippen LogP contribution in [0.15, 0.2) is 36.4 Å². The molecule has 0 aliphatic carbocycles. The molecule has 0 fully saturated rings. The maximum Gasteiger partial charge on any atom is 0.262 e. The van der Waals surface area contributed by atoms with Crippen molar-refractivity contribution in [3.63, 3.8) is 0 Å². The third-order valence-corrected chi connectivity index (χ3v) is 5.33. The van der Waals surface area contributed by atoms with Gasteiger partial charge in [-0.3, -0.25) is 24.1 Å². The van der Waals surface area contributed by atoms with Crippen molar-refractivity contribution < 1.29 is 19.2 Å². The maximum absolute atomic E-state index is 12.6. The third-order valence-electron chi connectivity index (χ3n) is 4.61. The summed E-state index contributed by atoms with van der Waals surface area (Å²) in [5.74, 6) is -1.54. The van der Waals surface area contributed by atoms with E-state index in [-0.39, 0.29) is 39.4 Å². The first-order chi connectivity index (χ1) is 13.8. The van der Waals surface area contributed by atoms with Gasteiger partial charge in [-0.2, -0.15) is 0 Å². The molecule has 1 aliphatic rings. The van der Waals surface area contributed by atoms with Gasteiger partial charge in [0.25, 0.3) is 11.8 Å². The van der Waals surface area contributed by atoms with E-state index in [9.17, 15) is 19.2 Å². The van der Waals surface area contributed by atoms with Crippen molar-refractivity contribution in [1.82, 2.24) is 10.2 Å². The summed E-state index contributed by atoms with van der Waals surface area (Å²) in [6.45, 7) is 1.70. The monoisotopic (exact) mass is 432 g/mol. The average molecular weight is 433 g/mol. The van der Waals surface area contributed by atoms with Crippen molar-refractivity contribution >= 4 is 46.7 Å². The van der Waals surface area contributed by atoms with Gasteiger partial charge in [-0.05, 0) is 30.5 Å². The van der Waals surface area contributed by atoms with Crippen LogP contribution >= 0.6 is 23.2 Å². The maximum atomic E-state index is 12.6. The van der Waals surface area contributed by atoms with E-state index in [0.29, 0.717) is 12.1 Å². The topological polar surface area (TPSA) is 83.6 Å². The molecule has 29 heavy (non-hydrogen) atoms. The zero-order valence-electron chi connectivity index (χ0n) is 15.6. The molecule has 0 bridgehead atoms. The van der Waals surface area contributed by atoms with Crippen LogP contribution in [0.2, 0.25) is 10.0 Å². The largest absolute Gasteiger partial charge is 0.356 e. The van der Waals surface area contributed by atoms with Gasteiger partial charge in [-0.25, -0.2) is 0 Å².